The lowest BCUT2D eigenvalue weighted by Crippen LogP contribution is -2.28. The molecule has 0 saturated carbocycles. The second kappa shape index (κ2) is 7.50. The minimum absolute atomic E-state index is 0.0838. The molecule has 18 heavy (non-hydrogen) atoms. The first-order valence-electron chi connectivity index (χ1n) is 5.84. The maximum Gasteiger partial charge on any atom is 0.224 e. The van der Waals surface area contributed by atoms with Crippen LogP contribution in [0.5, 0.6) is 5.75 Å². The van der Waals surface area contributed by atoms with Gasteiger partial charge < -0.3 is 15.2 Å². The first kappa shape index (κ1) is 14.3. The van der Waals surface area contributed by atoms with Gasteiger partial charge in [-0.3, -0.25) is 4.79 Å². The van der Waals surface area contributed by atoms with Crippen molar-refractivity contribution in [1.82, 2.24) is 5.32 Å². The van der Waals surface area contributed by atoms with Crippen molar-refractivity contribution in [2.75, 3.05) is 19.8 Å². The molecular formula is C14H19NO3. The van der Waals surface area contributed by atoms with Crippen molar-refractivity contribution in [3.63, 3.8) is 0 Å². The summed E-state index contributed by atoms with van der Waals surface area (Å²) in [6.45, 7) is 7.07. The number of nitrogens with one attached hydrogen (secondary N) is 1. The molecule has 4 nitrogen and oxygen atoms in total. The number of benzene rings is 1. The molecule has 0 unspecified atom stereocenters. The van der Waals surface area contributed by atoms with Gasteiger partial charge in [-0.05, 0) is 24.6 Å². The van der Waals surface area contributed by atoms with Gasteiger partial charge in [0.1, 0.15) is 5.75 Å². The van der Waals surface area contributed by atoms with E-state index in [0.29, 0.717) is 19.8 Å². The van der Waals surface area contributed by atoms with E-state index in [9.17, 15) is 9.90 Å². The molecule has 0 fully saturated rings. The Kier molecular flexibility index (Phi) is 5.94. The summed E-state index contributed by atoms with van der Waals surface area (Å²) in [5.41, 5.74) is 1.75. The molecule has 0 heterocycles. The van der Waals surface area contributed by atoms with E-state index in [0.717, 1.165) is 11.1 Å². The summed E-state index contributed by atoms with van der Waals surface area (Å²) >= 11 is 0. The summed E-state index contributed by atoms with van der Waals surface area (Å²) in [7, 11) is 0. The normalized spacial score (nSPS) is 10.1. The number of carbonyl (C=O) groups is 1. The number of rotatable bonds is 7. The lowest BCUT2D eigenvalue weighted by Gasteiger charge is -2.06. The second-order valence-corrected chi connectivity index (χ2v) is 4.21. The van der Waals surface area contributed by atoms with Crippen molar-refractivity contribution in [2.24, 2.45) is 0 Å². The van der Waals surface area contributed by atoms with Crippen LogP contribution in [0.2, 0.25) is 0 Å². The van der Waals surface area contributed by atoms with Gasteiger partial charge in [0.15, 0.2) is 0 Å². The molecule has 0 bridgehead atoms. The second-order valence-electron chi connectivity index (χ2n) is 4.21. The summed E-state index contributed by atoms with van der Waals surface area (Å²) in [6, 6.07) is 6.68. The van der Waals surface area contributed by atoms with Crippen molar-refractivity contribution < 1.29 is 14.6 Å². The van der Waals surface area contributed by atoms with Crippen LogP contribution in [0.3, 0.4) is 0 Å². The van der Waals surface area contributed by atoms with Gasteiger partial charge >= 0.3 is 0 Å². The Hall–Kier alpha value is -1.81. The molecule has 0 spiro atoms. The van der Waals surface area contributed by atoms with Crippen molar-refractivity contribution in [1.29, 1.82) is 0 Å². The Morgan fingerprint density at radius 2 is 2.28 bits per heavy atom. The predicted molar refractivity (Wildman–Crippen MR) is 70.5 cm³/mol. The average Bonchev–Trinajstić information content (AvgIpc) is 2.28. The van der Waals surface area contributed by atoms with Gasteiger partial charge in [0.2, 0.25) is 5.91 Å². The SMILES string of the molecule is C=C(C)COCCNC(=O)Cc1cccc(O)c1. The smallest absolute Gasteiger partial charge is 0.224 e. The highest BCUT2D eigenvalue weighted by atomic mass is 16.5. The third-order valence-corrected chi connectivity index (χ3v) is 2.19. The molecule has 0 aliphatic carbocycles. The summed E-state index contributed by atoms with van der Waals surface area (Å²) < 4.78 is 5.26. The molecule has 0 radical (unpaired) electrons. The van der Waals surface area contributed by atoms with Crippen LogP contribution in [0.25, 0.3) is 0 Å². The van der Waals surface area contributed by atoms with Crippen LogP contribution in [0.4, 0.5) is 0 Å². The number of hydrogen-bond donors (Lipinski definition) is 2. The van der Waals surface area contributed by atoms with Gasteiger partial charge in [0.25, 0.3) is 0 Å². The van der Waals surface area contributed by atoms with E-state index >= 15 is 0 Å². The summed E-state index contributed by atoms with van der Waals surface area (Å²) in [5.74, 6) is 0.0876. The molecule has 0 saturated heterocycles. The Morgan fingerprint density at radius 1 is 1.50 bits per heavy atom. The maximum absolute atomic E-state index is 11.6. The van der Waals surface area contributed by atoms with E-state index in [1.807, 2.05) is 6.92 Å². The molecule has 0 aromatic heterocycles. The van der Waals surface area contributed by atoms with E-state index in [2.05, 4.69) is 11.9 Å². The third kappa shape index (κ3) is 6.06. The number of hydrogen-bond acceptors (Lipinski definition) is 3. The molecule has 0 aliphatic heterocycles. The number of phenolic OH excluding ortho intramolecular Hbond substituents is 1. The fourth-order valence-corrected chi connectivity index (χ4v) is 1.42. The van der Waals surface area contributed by atoms with E-state index in [-0.39, 0.29) is 18.1 Å². The standard InChI is InChI=1S/C14H19NO3/c1-11(2)10-18-7-6-15-14(17)9-12-4-3-5-13(16)8-12/h3-5,8,16H,1,6-7,9-10H2,2H3,(H,15,17). The van der Waals surface area contributed by atoms with Crippen LogP contribution in [-0.4, -0.2) is 30.8 Å². The first-order chi connectivity index (χ1) is 8.58. The van der Waals surface area contributed by atoms with Gasteiger partial charge in [-0.25, -0.2) is 0 Å². The van der Waals surface area contributed by atoms with Crippen LogP contribution in [0.15, 0.2) is 36.4 Å². The van der Waals surface area contributed by atoms with Crippen LogP contribution >= 0.6 is 0 Å². The van der Waals surface area contributed by atoms with Gasteiger partial charge in [0.05, 0.1) is 19.6 Å². The van der Waals surface area contributed by atoms with Crippen LogP contribution in [0, 0.1) is 0 Å². The van der Waals surface area contributed by atoms with Crippen LogP contribution < -0.4 is 5.32 Å². The molecule has 1 aromatic carbocycles. The first-order valence-corrected chi connectivity index (χ1v) is 5.84. The number of amides is 1. The highest BCUT2D eigenvalue weighted by molar-refractivity contribution is 5.78. The third-order valence-electron chi connectivity index (χ3n) is 2.19. The Balaban J connectivity index is 2.20. The molecule has 0 atom stereocenters. The molecule has 1 rings (SSSR count). The number of aromatic hydroxyl groups is 1. The van der Waals surface area contributed by atoms with E-state index in [1.54, 1.807) is 24.3 Å². The monoisotopic (exact) mass is 249 g/mol. The average molecular weight is 249 g/mol. The fraction of sp³-hybridized carbons (Fsp3) is 0.357. The van der Waals surface area contributed by atoms with Gasteiger partial charge in [-0.2, -0.15) is 0 Å². The molecule has 1 amide bonds. The largest absolute Gasteiger partial charge is 0.508 e. The Morgan fingerprint density at radius 3 is 2.94 bits per heavy atom. The lowest BCUT2D eigenvalue weighted by atomic mass is 10.1. The van der Waals surface area contributed by atoms with E-state index in [1.165, 1.54) is 0 Å². The predicted octanol–water partition coefficient (Wildman–Crippen LogP) is 1.64. The molecule has 4 heteroatoms. The number of phenols is 1. The van der Waals surface area contributed by atoms with Crippen LogP contribution in [-0.2, 0) is 16.0 Å². The Labute approximate surface area is 107 Å². The summed E-state index contributed by atoms with van der Waals surface area (Å²) in [6.07, 6.45) is 0.259. The minimum atomic E-state index is -0.0838. The number of carbonyl (C=O) groups excluding carboxylic acids is 1. The topological polar surface area (TPSA) is 58.6 Å². The molecule has 0 aliphatic rings. The van der Waals surface area contributed by atoms with Crippen molar-refractivity contribution in [3.8, 4) is 5.75 Å². The molecule has 1 aromatic rings. The quantitative estimate of drug-likeness (QED) is 0.570. The van der Waals surface area contributed by atoms with Gasteiger partial charge in [0, 0.05) is 6.54 Å². The molecule has 98 valence electrons. The zero-order chi connectivity index (χ0) is 13.4. The highest BCUT2D eigenvalue weighted by Gasteiger charge is 2.03. The zero-order valence-corrected chi connectivity index (χ0v) is 10.6. The lowest BCUT2D eigenvalue weighted by molar-refractivity contribution is -0.120. The van der Waals surface area contributed by atoms with Crippen molar-refractivity contribution in [3.05, 3.63) is 42.0 Å². The van der Waals surface area contributed by atoms with Gasteiger partial charge in [-0.1, -0.05) is 24.3 Å². The van der Waals surface area contributed by atoms with E-state index in [4.69, 9.17) is 4.74 Å². The van der Waals surface area contributed by atoms with Gasteiger partial charge in [-0.15, -0.1) is 0 Å². The van der Waals surface area contributed by atoms with Crippen molar-refractivity contribution in [2.45, 2.75) is 13.3 Å². The van der Waals surface area contributed by atoms with Crippen LogP contribution in [0.1, 0.15) is 12.5 Å². The molecule has 2 N–H and O–H groups in total. The number of ether oxygens (including phenoxy) is 1. The van der Waals surface area contributed by atoms with Crippen molar-refractivity contribution >= 4 is 5.91 Å². The van der Waals surface area contributed by atoms with E-state index < -0.39 is 0 Å². The molecular weight excluding hydrogens is 230 g/mol. The summed E-state index contributed by atoms with van der Waals surface area (Å²) in [4.78, 5) is 11.6. The fourth-order valence-electron chi connectivity index (χ4n) is 1.42. The highest BCUT2D eigenvalue weighted by Crippen LogP contribution is 2.10. The Bertz CT molecular complexity index is 415. The maximum atomic E-state index is 11.6. The minimum Gasteiger partial charge on any atom is -0.508 e. The summed E-state index contributed by atoms with van der Waals surface area (Å²) in [5, 5.41) is 12.0. The zero-order valence-electron chi connectivity index (χ0n) is 10.6.